The second-order valence-electron chi connectivity index (χ2n) is 11.0. The summed E-state index contributed by atoms with van der Waals surface area (Å²) in [5.74, 6) is -0.998. The normalized spacial score (nSPS) is 18.5. The zero-order valence-corrected chi connectivity index (χ0v) is 23.6. The predicted molar refractivity (Wildman–Crippen MR) is 153 cm³/mol. The maximum atomic E-state index is 14.1. The molecule has 0 bridgehead atoms. The van der Waals surface area contributed by atoms with Crippen molar-refractivity contribution in [2.45, 2.75) is 76.8 Å². The van der Waals surface area contributed by atoms with Crippen molar-refractivity contribution in [3.8, 4) is 0 Å². The van der Waals surface area contributed by atoms with E-state index in [1.807, 2.05) is 97.9 Å². The average molecular weight is 543 g/mol. The molecule has 7 heteroatoms. The monoisotopic (exact) mass is 542 g/mol. The van der Waals surface area contributed by atoms with Crippen LogP contribution in [0.25, 0.3) is 0 Å². The van der Waals surface area contributed by atoms with Crippen LogP contribution in [0.1, 0.15) is 75.8 Å². The average Bonchev–Trinajstić information content (AvgIpc) is 3.33. The van der Waals surface area contributed by atoms with Gasteiger partial charge in [-0.2, -0.15) is 0 Å². The van der Waals surface area contributed by atoms with Crippen molar-refractivity contribution < 1.29 is 23.9 Å². The van der Waals surface area contributed by atoms with Crippen LogP contribution in [0, 0.1) is 0 Å². The van der Waals surface area contributed by atoms with Crippen LogP contribution in [0.15, 0.2) is 91.0 Å². The number of rotatable bonds is 11. The van der Waals surface area contributed by atoms with Crippen molar-refractivity contribution >= 4 is 18.0 Å². The van der Waals surface area contributed by atoms with Gasteiger partial charge in [0.15, 0.2) is 6.10 Å². The molecule has 0 saturated carbocycles. The molecule has 0 radical (unpaired) electrons. The molecule has 0 aliphatic carbocycles. The van der Waals surface area contributed by atoms with Crippen molar-refractivity contribution in [2.75, 3.05) is 0 Å². The highest BCUT2D eigenvalue weighted by Gasteiger charge is 2.55. The minimum Gasteiger partial charge on any atom is -0.459 e. The van der Waals surface area contributed by atoms with Gasteiger partial charge in [-0.3, -0.25) is 9.69 Å². The lowest BCUT2D eigenvalue weighted by Gasteiger charge is -2.41. The van der Waals surface area contributed by atoms with E-state index >= 15 is 0 Å². The zero-order chi connectivity index (χ0) is 28.8. The van der Waals surface area contributed by atoms with E-state index in [1.54, 1.807) is 25.7 Å². The number of ether oxygens (including phenoxy) is 2. The summed E-state index contributed by atoms with van der Waals surface area (Å²) in [4.78, 5) is 42.4. The highest BCUT2D eigenvalue weighted by Crippen LogP contribution is 2.47. The summed E-state index contributed by atoms with van der Waals surface area (Å²) in [6.07, 6.45) is 0.746. The summed E-state index contributed by atoms with van der Waals surface area (Å²) < 4.78 is 11.5. The molecule has 0 unspecified atom stereocenters. The molecule has 1 aliphatic heterocycles. The predicted octanol–water partition coefficient (Wildman–Crippen LogP) is 6.51. The molecule has 2 amide bonds. The van der Waals surface area contributed by atoms with E-state index in [2.05, 4.69) is 5.32 Å². The number of carbonyl (C=O) groups is 3. The lowest BCUT2D eigenvalue weighted by atomic mass is 9.86. The van der Waals surface area contributed by atoms with Crippen LogP contribution in [-0.2, 0) is 25.7 Å². The molecule has 3 atom stereocenters. The number of amides is 2. The van der Waals surface area contributed by atoms with Gasteiger partial charge >= 0.3 is 12.1 Å². The Bertz CT molecular complexity index is 1300. The molecule has 1 aliphatic rings. The number of nitrogens with zero attached hydrogens (tertiary/aromatic N) is 1. The second-order valence-corrected chi connectivity index (χ2v) is 11.0. The molecule has 1 heterocycles. The summed E-state index contributed by atoms with van der Waals surface area (Å²) in [5.41, 5.74) is -0.0734. The van der Waals surface area contributed by atoms with Gasteiger partial charge in [-0.25, -0.2) is 9.59 Å². The van der Waals surface area contributed by atoms with Crippen LogP contribution in [0.3, 0.4) is 0 Å². The Hall–Kier alpha value is -4.13. The Kier molecular flexibility index (Phi) is 8.93. The van der Waals surface area contributed by atoms with E-state index in [-0.39, 0.29) is 6.61 Å². The largest absolute Gasteiger partial charge is 0.459 e. The van der Waals surface area contributed by atoms with Crippen molar-refractivity contribution in [2.24, 2.45) is 0 Å². The van der Waals surface area contributed by atoms with Gasteiger partial charge in [0, 0.05) is 0 Å². The third-order valence-corrected chi connectivity index (χ3v) is 7.45. The first-order valence-corrected chi connectivity index (χ1v) is 13.8. The minimum atomic E-state index is -1.33. The molecular formula is C33H38N2O5. The van der Waals surface area contributed by atoms with Crippen LogP contribution in [0.4, 0.5) is 4.79 Å². The first kappa shape index (κ1) is 28.9. The topological polar surface area (TPSA) is 84.9 Å². The minimum absolute atomic E-state index is 0.0966. The zero-order valence-electron chi connectivity index (χ0n) is 23.6. The standard InChI is InChI=1S/C33H38N2O5/c1-5-6-22-33(4,29(36)34-32(2,3)30(37)39-23-24-16-10-7-11-17-24)35-27(25-18-12-8-13-19-25)28(40-31(35)38)26-20-14-9-15-21-26/h7-21,27-28H,5-6,22-23H2,1-4H3,(H,34,36)/t27-,28+,33+/m0/s1. The smallest absolute Gasteiger partial charge is 0.412 e. The van der Waals surface area contributed by atoms with Crippen LogP contribution in [-0.4, -0.2) is 33.9 Å². The first-order chi connectivity index (χ1) is 19.2. The molecule has 1 fully saturated rings. The number of cyclic esters (lactones) is 1. The summed E-state index contributed by atoms with van der Waals surface area (Å²) in [6, 6.07) is 28.0. The SMILES string of the molecule is CCCC[C@](C)(C(=O)NC(C)(C)C(=O)OCc1ccccc1)N1C(=O)O[C@H](c2ccccc2)[C@@H]1c1ccccc1. The third kappa shape index (κ3) is 6.19. The number of unbranched alkanes of at least 4 members (excludes halogenated alkanes) is 1. The molecule has 40 heavy (non-hydrogen) atoms. The Morgan fingerprint density at radius 2 is 1.43 bits per heavy atom. The number of hydrogen-bond donors (Lipinski definition) is 1. The highest BCUT2D eigenvalue weighted by molar-refractivity contribution is 5.94. The fourth-order valence-electron chi connectivity index (χ4n) is 5.09. The van der Waals surface area contributed by atoms with Gasteiger partial charge in [0.1, 0.15) is 23.7 Å². The number of nitrogens with one attached hydrogen (secondary N) is 1. The molecule has 210 valence electrons. The van der Waals surface area contributed by atoms with Crippen molar-refractivity contribution in [3.63, 3.8) is 0 Å². The molecule has 1 N–H and O–H groups in total. The lowest BCUT2D eigenvalue weighted by Crippen LogP contribution is -2.63. The summed E-state index contributed by atoms with van der Waals surface area (Å²) in [5, 5.41) is 2.90. The van der Waals surface area contributed by atoms with Gasteiger partial charge in [0.05, 0.1) is 0 Å². The molecule has 1 saturated heterocycles. The van der Waals surface area contributed by atoms with Crippen LogP contribution in [0.2, 0.25) is 0 Å². The Morgan fingerprint density at radius 3 is 2.00 bits per heavy atom. The van der Waals surface area contributed by atoms with Gasteiger partial charge in [0.25, 0.3) is 0 Å². The maximum absolute atomic E-state index is 14.1. The van der Waals surface area contributed by atoms with E-state index in [0.717, 1.165) is 23.1 Å². The Morgan fingerprint density at radius 1 is 0.875 bits per heavy atom. The third-order valence-electron chi connectivity index (χ3n) is 7.45. The maximum Gasteiger partial charge on any atom is 0.412 e. The van der Waals surface area contributed by atoms with Crippen molar-refractivity contribution in [3.05, 3.63) is 108 Å². The summed E-state index contributed by atoms with van der Waals surface area (Å²) >= 11 is 0. The van der Waals surface area contributed by atoms with Gasteiger partial charge in [0.2, 0.25) is 5.91 Å². The van der Waals surface area contributed by atoms with Crippen molar-refractivity contribution in [1.29, 1.82) is 0 Å². The highest BCUT2D eigenvalue weighted by atomic mass is 16.6. The van der Waals surface area contributed by atoms with E-state index in [4.69, 9.17) is 9.47 Å². The quantitative estimate of drug-likeness (QED) is 0.279. The number of esters is 1. The van der Waals surface area contributed by atoms with Crippen LogP contribution < -0.4 is 5.32 Å². The van der Waals surface area contributed by atoms with Gasteiger partial charge in [-0.15, -0.1) is 0 Å². The van der Waals surface area contributed by atoms with E-state index in [1.165, 1.54) is 0 Å². The second kappa shape index (κ2) is 12.4. The Labute approximate surface area is 236 Å². The van der Waals surface area contributed by atoms with E-state index in [0.29, 0.717) is 12.8 Å². The molecule has 7 nitrogen and oxygen atoms in total. The lowest BCUT2D eigenvalue weighted by molar-refractivity contribution is -0.155. The fraction of sp³-hybridized carbons (Fsp3) is 0.364. The number of benzene rings is 3. The first-order valence-electron chi connectivity index (χ1n) is 13.8. The molecular weight excluding hydrogens is 504 g/mol. The summed E-state index contributed by atoms with van der Waals surface area (Å²) in [7, 11) is 0. The summed E-state index contributed by atoms with van der Waals surface area (Å²) in [6.45, 7) is 7.12. The van der Waals surface area contributed by atoms with Gasteiger partial charge < -0.3 is 14.8 Å². The number of carbonyl (C=O) groups excluding carboxylic acids is 3. The molecule has 0 spiro atoms. The number of hydrogen-bond acceptors (Lipinski definition) is 5. The van der Waals surface area contributed by atoms with Crippen molar-refractivity contribution in [1.82, 2.24) is 10.2 Å². The van der Waals surface area contributed by atoms with Gasteiger partial charge in [-0.1, -0.05) is 111 Å². The van der Waals surface area contributed by atoms with Gasteiger partial charge in [-0.05, 0) is 43.9 Å². The van der Waals surface area contributed by atoms with E-state index < -0.39 is 41.2 Å². The van der Waals surface area contributed by atoms with E-state index in [9.17, 15) is 14.4 Å². The van der Waals surface area contributed by atoms with Crippen LogP contribution in [0.5, 0.6) is 0 Å². The molecule has 3 aromatic carbocycles. The molecule has 0 aromatic heterocycles. The molecule has 3 aromatic rings. The van der Waals surface area contributed by atoms with Crippen LogP contribution >= 0.6 is 0 Å². The fourth-order valence-corrected chi connectivity index (χ4v) is 5.09. The Balaban J connectivity index is 1.65. The molecule has 4 rings (SSSR count).